The molecule has 132 valence electrons. The van der Waals surface area contributed by atoms with Crippen molar-refractivity contribution >= 4 is 18.0 Å². The summed E-state index contributed by atoms with van der Waals surface area (Å²) in [4.78, 5) is 35.2. The van der Waals surface area contributed by atoms with E-state index in [-0.39, 0.29) is 5.56 Å². The number of carbonyl (C=O) groups is 3. The van der Waals surface area contributed by atoms with Crippen LogP contribution in [-0.2, 0) is 14.3 Å². The number of amides is 2. The van der Waals surface area contributed by atoms with Gasteiger partial charge in [-0.2, -0.15) is 5.10 Å². The third kappa shape index (κ3) is 4.03. The fourth-order valence-electron chi connectivity index (χ4n) is 2.28. The molecule has 0 spiro atoms. The molecule has 2 amide bonds. The molecule has 2 aromatic rings. The molecule has 1 N–H and O–H groups in total. The molecule has 25 heavy (non-hydrogen) atoms. The monoisotopic (exact) mass is 345 g/mol. The first-order valence-electron chi connectivity index (χ1n) is 7.56. The van der Waals surface area contributed by atoms with Gasteiger partial charge in [-0.3, -0.25) is 10.1 Å². The molecule has 1 aromatic heterocycles. The highest BCUT2D eigenvalue weighted by atomic mass is 16.6. The number of hydrogen-bond acceptors (Lipinski definition) is 6. The number of carbonyl (C=O) groups excluding carboxylic acids is 3. The summed E-state index contributed by atoms with van der Waals surface area (Å²) in [6.07, 6.45) is -2.08. The van der Waals surface area contributed by atoms with Gasteiger partial charge < -0.3 is 9.47 Å². The van der Waals surface area contributed by atoms with E-state index < -0.39 is 24.1 Å². The Balaban J connectivity index is 2.19. The summed E-state index contributed by atoms with van der Waals surface area (Å²) in [6, 6.07) is 9.33. The van der Waals surface area contributed by atoms with E-state index >= 15 is 0 Å². The standard InChI is InChI=1S/C17H19N3O5/c1-10-14(11(2)20(19-10)13-8-6-5-7-9-13)16(22)25-12(3)15(21)18-17(23)24-4/h5-9,12H,1-4H3,(H,18,21,23)/t12-/m0/s1. The van der Waals surface area contributed by atoms with E-state index in [1.807, 2.05) is 35.6 Å². The van der Waals surface area contributed by atoms with E-state index in [2.05, 4.69) is 9.84 Å². The van der Waals surface area contributed by atoms with Gasteiger partial charge in [0.25, 0.3) is 5.91 Å². The molecule has 0 fully saturated rings. The van der Waals surface area contributed by atoms with Gasteiger partial charge in [0, 0.05) is 0 Å². The predicted molar refractivity (Wildman–Crippen MR) is 88.5 cm³/mol. The van der Waals surface area contributed by atoms with Crippen molar-refractivity contribution in [2.75, 3.05) is 7.11 Å². The summed E-state index contributed by atoms with van der Waals surface area (Å²) < 4.78 is 11.1. The fraction of sp³-hybridized carbons (Fsp3) is 0.294. The summed E-state index contributed by atoms with van der Waals surface area (Å²) in [5.74, 6) is -1.46. The lowest BCUT2D eigenvalue weighted by Gasteiger charge is -2.12. The highest BCUT2D eigenvalue weighted by Gasteiger charge is 2.25. The average molecular weight is 345 g/mol. The molecule has 8 nitrogen and oxygen atoms in total. The summed E-state index contributed by atoms with van der Waals surface area (Å²) >= 11 is 0. The van der Waals surface area contributed by atoms with Gasteiger partial charge in [0.1, 0.15) is 5.56 Å². The molecule has 0 bridgehead atoms. The van der Waals surface area contributed by atoms with Gasteiger partial charge >= 0.3 is 12.1 Å². The average Bonchev–Trinajstić information content (AvgIpc) is 2.89. The van der Waals surface area contributed by atoms with Crippen LogP contribution in [0.1, 0.15) is 28.7 Å². The van der Waals surface area contributed by atoms with Crippen molar-refractivity contribution in [1.29, 1.82) is 0 Å². The highest BCUT2D eigenvalue weighted by Crippen LogP contribution is 2.19. The van der Waals surface area contributed by atoms with Crippen LogP contribution in [-0.4, -0.2) is 41.0 Å². The molecule has 8 heteroatoms. The summed E-state index contributed by atoms with van der Waals surface area (Å²) in [5.41, 5.74) is 2.15. The van der Waals surface area contributed by atoms with E-state index in [4.69, 9.17) is 4.74 Å². The molecule has 0 aliphatic carbocycles. The van der Waals surface area contributed by atoms with Crippen LogP contribution in [0.3, 0.4) is 0 Å². The van der Waals surface area contributed by atoms with Crippen LogP contribution in [0.5, 0.6) is 0 Å². The lowest BCUT2D eigenvalue weighted by molar-refractivity contribution is -0.128. The van der Waals surface area contributed by atoms with Gasteiger partial charge in [-0.05, 0) is 32.9 Å². The van der Waals surface area contributed by atoms with E-state index in [0.29, 0.717) is 11.4 Å². The van der Waals surface area contributed by atoms with E-state index in [0.717, 1.165) is 12.8 Å². The Kier molecular flexibility index (Phi) is 5.53. The minimum Gasteiger partial charge on any atom is -0.453 e. The van der Waals surface area contributed by atoms with Gasteiger partial charge in [0.2, 0.25) is 0 Å². The van der Waals surface area contributed by atoms with Gasteiger partial charge in [-0.25, -0.2) is 14.3 Å². The zero-order chi connectivity index (χ0) is 18.6. The van der Waals surface area contributed by atoms with Crippen molar-refractivity contribution in [3.63, 3.8) is 0 Å². The van der Waals surface area contributed by atoms with Crippen LogP contribution in [0.25, 0.3) is 5.69 Å². The number of alkyl carbamates (subject to hydrolysis) is 1. The Bertz CT molecular complexity index is 798. The first-order valence-corrected chi connectivity index (χ1v) is 7.56. The maximum absolute atomic E-state index is 12.4. The van der Waals surface area contributed by atoms with Gasteiger partial charge in [0.15, 0.2) is 6.10 Å². The number of ether oxygens (including phenoxy) is 2. The van der Waals surface area contributed by atoms with Crippen molar-refractivity contribution in [2.45, 2.75) is 26.9 Å². The van der Waals surface area contributed by atoms with Crippen LogP contribution in [0.15, 0.2) is 30.3 Å². The Labute approximate surface area is 144 Å². The van der Waals surface area contributed by atoms with Crippen LogP contribution < -0.4 is 5.32 Å². The van der Waals surface area contributed by atoms with E-state index in [9.17, 15) is 14.4 Å². The molecule has 1 aromatic carbocycles. The third-order valence-corrected chi connectivity index (χ3v) is 3.56. The Morgan fingerprint density at radius 3 is 2.40 bits per heavy atom. The molecule has 0 saturated heterocycles. The molecule has 0 radical (unpaired) electrons. The molecule has 0 aliphatic rings. The number of hydrogen-bond donors (Lipinski definition) is 1. The van der Waals surface area contributed by atoms with E-state index in [1.165, 1.54) is 6.92 Å². The molecular formula is C17H19N3O5. The molecular weight excluding hydrogens is 326 g/mol. The smallest absolute Gasteiger partial charge is 0.413 e. The SMILES string of the molecule is COC(=O)NC(=O)[C@H](C)OC(=O)c1c(C)nn(-c2ccccc2)c1C. The van der Waals surface area contributed by atoms with Crippen molar-refractivity contribution < 1.29 is 23.9 Å². The summed E-state index contributed by atoms with van der Waals surface area (Å²) in [5, 5.41) is 6.30. The quantitative estimate of drug-likeness (QED) is 0.850. The number of rotatable bonds is 4. The van der Waals surface area contributed by atoms with Crippen LogP contribution in [0, 0.1) is 13.8 Å². The number of imide groups is 1. The molecule has 1 heterocycles. The molecule has 0 saturated carbocycles. The van der Waals surface area contributed by atoms with Gasteiger partial charge in [-0.1, -0.05) is 18.2 Å². The zero-order valence-corrected chi connectivity index (χ0v) is 14.4. The Hall–Kier alpha value is -3.16. The predicted octanol–water partition coefficient (Wildman–Crippen LogP) is 1.92. The number of esters is 1. The first-order chi connectivity index (χ1) is 11.8. The zero-order valence-electron chi connectivity index (χ0n) is 14.4. The number of nitrogens with one attached hydrogen (secondary N) is 1. The second kappa shape index (κ2) is 7.61. The van der Waals surface area contributed by atoms with Crippen LogP contribution in [0.4, 0.5) is 4.79 Å². The Morgan fingerprint density at radius 1 is 1.16 bits per heavy atom. The van der Waals surface area contributed by atoms with E-state index in [1.54, 1.807) is 18.5 Å². The van der Waals surface area contributed by atoms with Crippen LogP contribution >= 0.6 is 0 Å². The molecule has 1 atom stereocenters. The largest absolute Gasteiger partial charge is 0.453 e. The third-order valence-electron chi connectivity index (χ3n) is 3.56. The molecule has 0 unspecified atom stereocenters. The van der Waals surface area contributed by atoms with Crippen molar-refractivity contribution in [3.05, 3.63) is 47.3 Å². The highest BCUT2D eigenvalue weighted by molar-refractivity contribution is 5.97. The summed E-state index contributed by atoms with van der Waals surface area (Å²) in [6.45, 7) is 4.79. The molecule has 2 rings (SSSR count). The van der Waals surface area contributed by atoms with Crippen molar-refractivity contribution in [1.82, 2.24) is 15.1 Å². The fourth-order valence-corrected chi connectivity index (χ4v) is 2.28. The minimum atomic E-state index is -1.16. The van der Waals surface area contributed by atoms with Gasteiger partial charge in [-0.15, -0.1) is 0 Å². The second-order valence-electron chi connectivity index (χ2n) is 5.32. The number of para-hydroxylation sites is 1. The Morgan fingerprint density at radius 2 is 1.80 bits per heavy atom. The first kappa shape index (κ1) is 18.2. The minimum absolute atomic E-state index is 0.279. The number of benzene rings is 1. The maximum Gasteiger partial charge on any atom is 0.413 e. The topological polar surface area (TPSA) is 99.5 Å². The number of aryl methyl sites for hydroxylation is 1. The molecule has 0 aliphatic heterocycles. The number of nitrogens with zero attached hydrogens (tertiary/aromatic N) is 2. The maximum atomic E-state index is 12.4. The van der Waals surface area contributed by atoms with Gasteiger partial charge in [0.05, 0.1) is 24.2 Å². The lowest BCUT2D eigenvalue weighted by atomic mass is 10.2. The summed E-state index contributed by atoms with van der Waals surface area (Å²) in [7, 11) is 1.13. The van der Waals surface area contributed by atoms with Crippen molar-refractivity contribution in [3.8, 4) is 5.69 Å². The van der Waals surface area contributed by atoms with Crippen molar-refractivity contribution in [2.24, 2.45) is 0 Å². The number of methoxy groups -OCH3 is 1. The van der Waals surface area contributed by atoms with Crippen LogP contribution in [0.2, 0.25) is 0 Å². The lowest BCUT2D eigenvalue weighted by Crippen LogP contribution is -2.39. The number of aromatic nitrogens is 2. The second-order valence-corrected chi connectivity index (χ2v) is 5.32. The normalized spacial score (nSPS) is 11.5.